The van der Waals surface area contributed by atoms with Crippen LogP contribution in [0.25, 0.3) is 11.5 Å². The molecule has 1 aromatic heterocycles. The Hall–Kier alpha value is -2.17. The van der Waals surface area contributed by atoms with E-state index in [1.807, 2.05) is 24.3 Å². The Labute approximate surface area is 147 Å². The van der Waals surface area contributed by atoms with Gasteiger partial charge in [-0.05, 0) is 87.5 Å². The molecule has 5 nitrogen and oxygen atoms in total. The van der Waals surface area contributed by atoms with Crippen LogP contribution in [0.3, 0.4) is 0 Å². The Morgan fingerprint density at radius 3 is 2.20 bits per heavy atom. The lowest BCUT2D eigenvalue weighted by atomic mass is 9.49. The van der Waals surface area contributed by atoms with Crippen LogP contribution in [-0.4, -0.2) is 16.0 Å². The summed E-state index contributed by atoms with van der Waals surface area (Å²) >= 11 is 0. The van der Waals surface area contributed by atoms with E-state index in [1.165, 1.54) is 19.3 Å². The summed E-state index contributed by atoms with van der Waals surface area (Å²) in [6, 6.07) is 7.69. The van der Waals surface area contributed by atoms with Crippen LogP contribution in [0.1, 0.15) is 44.3 Å². The van der Waals surface area contributed by atoms with Gasteiger partial charge in [-0.3, -0.25) is 4.79 Å². The Morgan fingerprint density at radius 1 is 1.08 bits per heavy atom. The van der Waals surface area contributed by atoms with Crippen LogP contribution < -0.4 is 5.32 Å². The highest BCUT2D eigenvalue weighted by Crippen LogP contribution is 2.60. The van der Waals surface area contributed by atoms with Crippen molar-refractivity contribution in [2.75, 3.05) is 5.32 Å². The standard InChI is InChI=1S/C20H23N3O2/c1-12-21-18(25-23-12)16-2-4-17(5-3-16)22-19(24)20-9-13-6-14(10-20)8-15(7-13)11-20/h2-5,13-15H,6-11H2,1H3,(H,22,24). The monoisotopic (exact) mass is 337 g/mol. The van der Waals surface area contributed by atoms with Crippen molar-refractivity contribution in [3.63, 3.8) is 0 Å². The Morgan fingerprint density at radius 2 is 1.68 bits per heavy atom. The third-order valence-electron chi connectivity index (χ3n) is 6.44. The first-order valence-corrected chi connectivity index (χ1v) is 9.32. The van der Waals surface area contributed by atoms with Gasteiger partial charge in [0.15, 0.2) is 5.82 Å². The van der Waals surface area contributed by atoms with E-state index in [0.29, 0.717) is 11.7 Å². The summed E-state index contributed by atoms with van der Waals surface area (Å²) in [5.41, 5.74) is 1.60. The van der Waals surface area contributed by atoms with E-state index in [0.717, 1.165) is 48.3 Å². The number of benzene rings is 1. The Kier molecular flexibility index (Phi) is 3.27. The molecule has 1 aromatic carbocycles. The smallest absolute Gasteiger partial charge is 0.257 e. The van der Waals surface area contributed by atoms with Crippen molar-refractivity contribution in [1.82, 2.24) is 10.1 Å². The third kappa shape index (κ3) is 2.57. The molecule has 2 aromatic rings. The van der Waals surface area contributed by atoms with Gasteiger partial charge in [0.2, 0.25) is 5.91 Å². The third-order valence-corrected chi connectivity index (χ3v) is 6.44. The topological polar surface area (TPSA) is 68.0 Å². The molecule has 0 saturated heterocycles. The van der Waals surface area contributed by atoms with Gasteiger partial charge in [0, 0.05) is 11.3 Å². The van der Waals surface area contributed by atoms with Crippen LogP contribution in [0.15, 0.2) is 28.8 Å². The highest BCUT2D eigenvalue weighted by Gasteiger charge is 2.54. The van der Waals surface area contributed by atoms with Crippen LogP contribution in [-0.2, 0) is 4.79 Å². The molecule has 4 aliphatic rings. The summed E-state index contributed by atoms with van der Waals surface area (Å²) in [5.74, 6) is 3.69. The second-order valence-corrected chi connectivity index (χ2v) is 8.38. The zero-order valence-corrected chi connectivity index (χ0v) is 14.5. The molecule has 0 spiro atoms. The van der Waals surface area contributed by atoms with Gasteiger partial charge in [-0.2, -0.15) is 4.98 Å². The second-order valence-electron chi connectivity index (χ2n) is 8.38. The zero-order valence-electron chi connectivity index (χ0n) is 14.5. The van der Waals surface area contributed by atoms with E-state index < -0.39 is 0 Å². The van der Waals surface area contributed by atoms with Crippen molar-refractivity contribution in [1.29, 1.82) is 0 Å². The molecule has 1 N–H and O–H groups in total. The molecule has 25 heavy (non-hydrogen) atoms. The molecule has 0 aliphatic heterocycles. The molecule has 4 aliphatic carbocycles. The number of amides is 1. The average molecular weight is 337 g/mol. The minimum Gasteiger partial charge on any atom is -0.334 e. The minimum atomic E-state index is -0.114. The molecule has 4 saturated carbocycles. The van der Waals surface area contributed by atoms with Crippen LogP contribution >= 0.6 is 0 Å². The van der Waals surface area contributed by atoms with Crippen molar-refractivity contribution in [2.45, 2.75) is 45.4 Å². The normalized spacial score (nSPS) is 32.8. The molecular formula is C20H23N3O2. The highest BCUT2D eigenvalue weighted by atomic mass is 16.5. The lowest BCUT2D eigenvalue weighted by molar-refractivity contribution is -0.140. The number of nitrogens with zero attached hydrogens (tertiary/aromatic N) is 2. The summed E-state index contributed by atoms with van der Waals surface area (Å²) in [7, 11) is 0. The second kappa shape index (κ2) is 5.41. The van der Waals surface area contributed by atoms with Gasteiger partial charge in [0.05, 0.1) is 5.41 Å². The van der Waals surface area contributed by atoms with Gasteiger partial charge in [0.1, 0.15) is 0 Å². The van der Waals surface area contributed by atoms with Crippen LogP contribution in [0, 0.1) is 30.1 Å². The molecule has 4 bridgehead atoms. The molecule has 6 rings (SSSR count). The predicted molar refractivity (Wildman–Crippen MR) is 93.7 cm³/mol. The number of anilines is 1. The first kappa shape index (κ1) is 15.1. The number of aromatic nitrogens is 2. The van der Waals surface area contributed by atoms with E-state index in [1.54, 1.807) is 6.92 Å². The van der Waals surface area contributed by atoms with E-state index in [-0.39, 0.29) is 11.3 Å². The Bertz CT molecular complexity index is 773. The fourth-order valence-corrected chi connectivity index (χ4v) is 5.76. The first-order chi connectivity index (χ1) is 12.1. The van der Waals surface area contributed by atoms with Gasteiger partial charge in [-0.15, -0.1) is 0 Å². The molecule has 0 atom stereocenters. The molecular weight excluding hydrogens is 314 g/mol. The summed E-state index contributed by atoms with van der Waals surface area (Å²) < 4.78 is 5.19. The number of aryl methyl sites for hydroxylation is 1. The summed E-state index contributed by atoms with van der Waals surface area (Å²) in [6.45, 7) is 1.80. The predicted octanol–water partition coefficient (Wildman–Crippen LogP) is 4.20. The largest absolute Gasteiger partial charge is 0.334 e. The summed E-state index contributed by atoms with van der Waals surface area (Å²) in [5, 5.41) is 6.99. The highest BCUT2D eigenvalue weighted by molar-refractivity contribution is 5.95. The maximum Gasteiger partial charge on any atom is 0.257 e. The van der Waals surface area contributed by atoms with Gasteiger partial charge in [-0.25, -0.2) is 0 Å². The Balaban J connectivity index is 1.33. The molecule has 0 radical (unpaired) electrons. The lowest BCUT2D eigenvalue weighted by Crippen LogP contribution is -2.51. The molecule has 0 unspecified atom stereocenters. The van der Waals surface area contributed by atoms with Crippen molar-refractivity contribution < 1.29 is 9.32 Å². The first-order valence-electron chi connectivity index (χ1n) is 9.32. The van der Waals surface area contributed by atoms with Crippen LogP contribution in [0.2, 0.25) is 0 Å². The number of rotatable bonds is 3. The van der Waals surface area contributed by atoms with Gasteiger partial charge in [-0.1, -0.05) is 5.16 Å². The van der Waals surface area contributed by atoms with E-state index in [9.17, 15) is 4.79 Å². The molecule has 5 heteroatoms. The quantitative estimate of drug-likeness (QED) is 0.911. The average Bonchev–Trinajstić information content (AvgIpc) is 3.01. The molecule has 4 fully saturated rings. The van der Waals surface area contributed by atoms with E-state index in [2.05, 4.69) is 15.5 Å². The maximum absolute atomic E-state index is 13.1. The zero-order chi connectivity index (χ0) is 17.0. The van der Waals surface area contributed by atoms with Gasteiger partial charge in [0.25, 0.3) is 5.89 Å². The van der Waals surface area contributed by atoms with Crippen LogP contribution in [0.4, 0.5) is 5.69 Å². The number of carbonyl (C=O) groups excluding carboxylic acids is 1. The van der Waals surface area contributed by atoms with Crippen LogP contribution in [0.5, 0.6) is 0 Å². The van der Waals surface area contributed by atoms with E-state index >= 15 is 0 Å². The lowest BCUT2D eigenvalue weighted by Gasteiger charge is -2.55. The number of hydrogen-bond acceptors (Lipinski definition) is 4. The molecule has 130 valence electrons. The summed E-state index contributed by atoms with van der Waals surface area (Å²) in [6.07, 6.45) is 7.32. The summed E-state index contributed by atoms with van der Waals surface area (Å²) in [4.78, 5) is 17.3. The SMILES string of the molecule is Cc1noc(-c2ccc(NC(=O)C34CC5CC(CC(C5)C3)C4)cc2)n1. The molecule has 1 heterocycles. The van der Waals surface area contributed by atoms with Crippen molar-refractivity contribution >= 4 is 11.6 Å². The van der Waals surface area contributed by atoms with E-state index in [4.69, 9.17) is 4.52 Å². The maximum atomic E-state index is 13.1. The van der Waals surface area contributed by atoms with Crippen molar-refractivity contribution in [2.24, 2.45) is 23.2 Å². The van der Waals surface area contributed by atoms with Crippen molar-refractivity contribution in [3.05, 3.63) is 30.1 Å². The van der Waals surface area contributed by atoms with Gasteiger partial charge < -0.3 is 9.84 Å². The fourth-order valence-electron chi connectivity index (χ4n) is 5.76. The minimum absolute atomic E-state index is 0.114. The number of hydrogen-bond donors (Lipinski definition) is 1. The number of nitrogens with one attached hydrogen (secondary N) is 1. The van der Waals surface area contributed by atoms with Crippen molar-refractivity contribution in [3.8, 4) is 11.5 Å². The fraction of sp³-hybridized carbons (Fsp3) is 0.550. The van der Waals surface area contributed by atoms with Gasteiger partial charge >= 0.3 is 0 Å². The molecule has 1 amide bonds. The number of carbonyl (C=O) groups is 1.